The fraction of sp³-hybridized carbons (Fsp3) is 0.500. The predicted molar refractivity (Wildman–Crippen MR) is 112 cm³/mol. The van der Waals surface area contributed by atoms with Crippen LogP contribution in [0.3, 0.4) is 0 Å². The number of guanidine groups is 1. The van der Waals surface area contributed by atoms with Crippen LogP contribution < -0.4 is 26.0 Å². The number of carbonyl (C=O) groups excluding carboxylic acids is 2. The molecular weight excluding hydrogens is 406 g/mol. The molecule has 1 heterocycles. The van der Waals surface area contributed by atoms with Gasteiger partial charge >= 0.3 is 12.1 Å². The summed E-state index contributed by atoms with van der Waals surface area (Å²) in [6, 6.07) is 6.71. The molecule has 4 atom stereocenters. The number of piperidine rings is 1. The van der Waals surface area contributed by atoms with Crippen molar-refractivity contribution in [3.05, 3.63) is 24.3 Å². The number of alkyl carbamates (subject to hydrolysis) is 1. The molecule has 1 saturated heterocycles. The van der Waals surface area contributed by atoms with Gasteiger partial charge in [-0.15, -0.1) is 0 Å². The fourth-order valence-electron chi connectivity index (χ4n) is 3.83. The van der Waals surface area contributed by atoms with Crippen LogP contribution in [0.15, 0.2) is 29.3 Å². The van der Waals surface area contributed by atoms with E-state index in [-0.39, 0.29) is 36.2 Å². The van der Waals surface area contributed by atoms with Gasteiger partial charge in [0, 0.05) is 12.2 Å². The number of nitrogens with one attached hydrogen (secondary N) is 4. The van der Waals surface area contributed by atoms with Crippen LogP contribution >= 0.6 is 0 Å². The number of amides is 2. The number of carboxylic acids is 1. The van der Waals surface area contributed by atoms with Gasteiger partial charge in [0.1, 0.15) is 12.3 Å². The molecule has 0 aromatic heterocycles. The molecule has 0 spiro atoms. The Hall–Kier alpha value is -3.34. The topological polar surface area (TPSA) is 150 Å². The number of carbonyl (C=O) groups is 3. The maximum Gasteiger partial charge on any atom is 0.413 e. The Morgan fingerprint density at radius 1 is 1.26 bits per heavy atom. The first kappa shape index (κ1) is 22.3. The molecule has 11 heteroatoms. The van der Waals surface area contributed by atoms with Crippen molar-refractivity contribution in [3.8, 4) is 5.75 Å². The summed E-state index contributed by atoms with van der Waals surface area (Å²) in [4.78, 5) is 39.3. The van der Waals surface area contributed by atoms with Gasteiger partial charge in [0.25, 0.3) is 0 Å². The van der Waals surface area contributed by atoms with Gasteiger partial charge in [-0.1, -0.05) is 0 Å². The van der Waals surface area contributed by atoms with Crippen molar-refractivity contribution in [2.45, 2.75) is 13.0 Å². The third-order valence-corrected chi connectivity index (χ3v) is 5.36. The summed E-state index contributed by atoms with van der Waals surface area (Å²) in [7, 11) is 1.58. The van der Waals surface area contributed by atoms with Crippen LogP contribution in [-0.4, -0.2) is 68.4 Å². The van der Waals surface area contributed by atoms with Crippen molar-refractivity contribution in [1.29, 1.82) is 0 Å². The molecule has 168 valence electrons. The second kappa shape index (κ2) is 10.1. The van der Waals surface area contributed by atoms with E-state index in [1.807, 2.05) is 0 Å². The van der Waals surface area contributed by atoms with Crippen molar-refractivity contribution >= 4 is 29.6 Å². The summed E-state index contributed by atoms with van der Waals surface area (Å²) in [5.74, 6) is 0.0816. The molecular formula is C20H27N5O6. The largest absolute Gasteiger partial charge is 0.497 e. The molecule has 5 N–H and O–H groups in total. The van der Waals surface area contributed by atoms with E-state index in [0.717, 1.165) is 0 Å². The van der Waals surface area contributed by atoms with Crippen LogP contribution in [0.25, 0.3) is 0 Å². The first-order valence-electron chi connectivity index (χ1n) is 10.0. The summed E-state index contributed by atoms with van der Waals surface area (Å²) in [5.41, 5.74) is 0.708. The van der Waals surface area contributed by atoms with Crippen LogP contribution in [0.4, 0.5) is 10.5 Å². The van der Waals surface area contributed by atoms with Crippen LogP contribution in [-0.2, 0) is 14.3 Å². The maximum absolute atomic E-state index is 12.2. The number of ether oxygens (including phenoxy) is 2. The molecule has 2 aliphatic rings. The molecule has 11 nitrogen and oxygen atoms in total. The number of fused-ring (bicyclic) bond motifs is 1. The second-order valence-electron chi connectivity index (χ2n) is 7.29. The molecule has 1 aliphatic heterocycles. The molecule has 1 saturated carbocycles. The number of methoxy groups -OCH3 is 1. The Labute approximate surface area is 179 Å². The number of nitrogens with zero attached hydrogens (tertiary/aromatic N) is 1. The molecule has 2 amide bonds. The van der Waals surface area contributed by atoms with Gasteiger partial charge in [0.2, 0.25) is 11.9 Å². The Kier molecular flexibility index (Phi) is 7.29. The van der Waals surface area contributed by atoms with Crippen molar-refractivity contribution in [3.63, 3.8) is 0 Å². The minimum absolute atomic E-state index is 0.0855. The zero-order chi connectivity index (χ0) is 22.4. The molecule has 1 aromatic rings. The molecule has 2 fully saturated rings. The fourth-order valence-corrected chi connectivity index (χ4v) is 3.83. The first-order valence-corrected chi connectivity index (χ1v) is 10.0. The van der Waals surface area contributed by atoms with Crippen molar-refractivity contribution < 1.29 is 29.0 Å². The van der Waals surface area contributed by atoms with Gasteiger partial charge in [-0.3, -0.25) is 19.9 Å². The van der Waals surface area contributed by atoms with E-state index < -0.39 is 24.6 Å². The van der Waals surface area contributed by atoms with Gasteiger partial charge in [0.05, 0.1) is 19.8 Å². The highest BCUT2D eigenvalue weighted by atomic mass is 16.5. The molecule has 3 rings (SSSR count). The van der Waals surface area contributed by atoms with E-state index in [1.165, 1.54) is 0 Å². The van der Waals surface area contributed by atoms with Gasteiger partial charge in [-0.25, -0.2) is 4.79 Å². The number of hydrogen-bond donors (Lipinski definition) is 5. The molecule has 31 heavy (non-hydrogen) atoms. The number of hydrogen-bond acceptors (Lipinski definition) is 7. The highest BCUT2D eigenvalue weighted by Crippen LogP contribution is 2.52. The van der Waals surface area contributed by atoms with E-state index in [1.54, 1.807) is 38.3 Å². The maximum atomic E-state index is 12.2. The van der Waals surface area contributed by atoms with E-state index in [0.29, 0.717) is 24.5 Å². The number of aliphatic imine (C=N–C) groups is 1. The lowest BCUT2D eigenvalue weighted by Crippen LogP contribution is -2.45. The lowest BCUT2D eigenvalue weighted by atomic mass is 10.1. The molecule has 0 bridgehead atoms. The lowest BCUT2D eigenvalue weighted by Gasteiger charge is -2.15. The van der Waals surface area contributed by atoms with Crippen LogP contribution in [0, 0.1) is 17.8 Å². The number of anilines is 1. The van der Waals surface area contributed by atoms with E-state index >= 15 is 0 Å². The van der Waals surface area contributed by atoms with Crippen LogP contribution in [0.5, 0.6) is 5.75 Å². The van der Waals surface area contributed by atoms with Crippen molar-refractivity contribution in [2.75, 3.05) is 38.7 Å². The van der Waals surface area contributed by atoms with Gasteiger partial charge in [0.15, 0.2) is 0 Å². The standard InChI is InChI=1S/C20H27N5O6/c1-3-31-20(29)25-19(24-11-4-6-12(30-2)7-5-11)23-9-14-13-8-21-17(16(13)14)18(28)22-10-15(26)27/h4-7,13-14,16-17,21H,3,8-10H2,1-2H3,(H,22,28)(H,26,27)(H2,23,24,25,29)/t13-,14-,16-,17+/m1/s1. The summed E-state index contributed by atoms with van der Waals surface area (Å²) < 4.78 is 10.1. The zero-order valence-corrected chi connectivity index (χ0v) is 17.4. The number of benzene rings is 1. The monoisotopic (exact) mass is 433 g/mol. The lowest BCUT2D eigenvalue weighted by molar-refractivity contribution is -0.138. The average Bonchev–Trinajstić information content (AvgIpc) is 3.24. The summed E-state index contributed by atoms with van der Waals surface area (Å²) >= 11 is 0. The van der Waals surface area contributed by atoms with E-state index in [2.05, 4.69) is 26.3 Å². The highest BCUT2D eigenvalue weighted by molar-refractivity contribution is 6.02. The third kappa shape index (κ3) is 5.85. The smallest absolute Gasteiger partial charge is 0.413 e. The number of carboxylic acid groups (broad SMARTS) is 1. The van der Waals surface area contributed by atoms with Gasteiger partial charge < -0.3 is 30.5 Å². The molecule has 0 unspecified atom stereocenters. The minimum atomic E-state index is -1.08. The summed E-state index contributed by atoms with van der Waals surface area (Å²) in [6.45, 7) is 2.61. The number of rotatable bonds is 8. The zero-order valence-electron chi connectivity index (χ0n) is 17.4. The van der Waals surface area contributed by atoms with Crippen LogP contribution in [0.1, 0.15) is 6.92 Å². The Morgan fingerprint density at radius 2 is 2.00 bits per heavy atom. The van der Waals surface area contributed by atoms with Crippen LogP contribution in [0.2, 0.25) is 0 Å². The van der Waals surface area contributed by atoms with Gasteiger partial charge in [-0.2, -0.15) is 0 Å². The molecule has 0 radical (unpaired) electrons. The second-order valence-corrected chi connectivity index (χ2v) is 7.29. The summed E-state index contributed by atoms with van der Waals surface area (Å²) in [5, 5.41) is 19.9. The Balaban J connectivity index is 1.61. The predicted octanol–water partition coefficient (Wildman–Crippen LogP) is 0.244. The highest BCUT2D eigenvalue weighted by Gasteiger charge is 2.59. The molecule has 1 aromatic carbocycles. The Morgan fingerprint density at radius 3 is 2.65 bits per heavy atom. The third-order valence-electron chi connectivity index (χ3n) is 5.36. The number of aliphatic carboxylic acids is 1. The quantitative estimate of drug-likeness (QED) is 0.289. The summed E-state index contributed by atoms with van der Waals surface area (Å²) in [6.07, 6.45) is -0.620. The average molecular weight is 433 g/mol. The first-order chi connectivity index (χ1) is 14.9. The Bertz CT molecular complexity index is 843. The molecule has 1 aliphatic carbocycles. The SMILES string of the molecule is CCOC(=O)NC(=NC[C@@H]1[C@H]2CN[C@H](C(=O)NCC(=O)O)[C@@H]12)Nc1ccc(OC)cc1. The minimum Gasteiger partial charge on any atom is -0.497 e. The van der Waals surface area contributed by atoms with Crippen molar-refractivity contribution in [2.24, 2.45) is 22.7 Å². The van der Waals surface area contributed by atoms with E-state index in [9.17, 15) is 14.4 Å². The van der Waals surface area contributed by atoms with Crippen molar-refractivity contribution in [1.82, 2.24) is 16.0 Å². The normalized spacial score (nSPS) is 24.0. The van der Waals surface area contributed by atoms with Gasteiger partial charge in [-0.05, 0) is 55.5 Å². The van der Waals surface area contributed by atoms with E-state index in [4.69, 9.17) is 14.6 Å².